The first-order valence-corrected chi connectivity index (χ1v) is 11.2. The molecule has 1 atom stereocenters. The molecule has 0 aromatic heterocycles. The fourth-order valence-electron chi connectivity index (χ4n) is 2.90. The smallest absolute Gasteiger partial charge is 0.344 e. The van der Waals surface area contributed by atoms with Crippen LogP contribution < -0.4 is 4.74 Å². The molecule has 7 heteroatoms. The molecular formula is C20H24O5S2. The minimum Gasteiger partial charge on any atom is -0.480 e. The van der Waals surface area contributed by atoms with E-state index in [-0.39, 0.29) is 17.6 Å². The van der Waals surface area contributed by atoms with Crippen molar-refractivity contribution in [2.75, 3.05) is 12.4 Å². The molecule has 1 aliphatic rings. The zero-order valence-electron chi connectivity index (χ0n) is 15.5. The Morgan fingerprint density at radius 2 is 1.85 bits per heavy atom. The second-order valence-electron chi connectivity index (χ2n) is 7.30. The first-order valence-electron chi connectivity index (χ1n) is 8.61. The molecule has 146 valence electrons. The maximum absolute atomic E-state index is 11.9. The predicted molar refractivity (Wildman–Crippen MR) is 109 cm³/mol. The Labute approximate surface area is 165 Å². The normalized spacial score (nSPS) is 19.2. The maximum Gasteiger partial charge on any atom is 0.344 e. The zero-order valence-corrected chi connectivity index (χ0v) is 17.2. The van der Waals surface area contributed by atoms with Gasteiger partial charge in [0.25, 0.3) is 0 Å². The average Bonchev–Trinajstić information content (AvgIpc) is 2.83. The highest BCUT2D eigenvalue weighted by atomic mass is 32.3. The van der Waals surface area contributed by atoms with Gasteiger partial charge in [-0.05, 0) is 44.5 Å². The Hall–Kier alpha value is -1.67. The van der Waals surface area contributed by atoms with E-state index in [1.54, 1.807) is 38.6 Å². The number of rotatable bonds is 5. The molecule has 1 aliphatic heterocycles. The molecule has 2 N–H and O–H groups in total. The molecule has 1 heterocycles. The number of hydrogen-bond donors (Lipinski definition) is 2. The van der Waals surface area contributed by atoms with Gasteiger partial charge in [0.15, 0.2) is 6.61 Å². The number of fused-ring (bicyclic) bond motifs is 1. The summed E-state index contributed by atoms with van der Waals surface area (Å²) in [6.07, 6.45) is 0. The van der Waals surface area contributed by atoms with Crippen LogP contribution in [0, 0.1) is 0 Å². The van der Waals surface area contributed by atoms with Gasteiger partial charge in [-0.25, -0.2) is 4.79 Å². The lowest BCUT2D eigenvalue weighted by Gasteiger charge is -2.29. The van der Waals surface area contributed by atoms with Gasteiger partial charge in [-0.1, -0.05) is 30.3 Å². The molecule has 5 nitrogen and oxygen atoms in total. The number of benzene rings is 2. The van der Waals surface area contributed by atoms with Crippen molar-refractivity contribution in [2.24, 2.45) is 0 Å². The molecular weight excluding hydrogens is 384 g/mol. The van der Waals surface area contributed by atoms with Gasteiger partial charge >= 0.3 is 5.97 Å². The lowest BCUT2D eigenvalue weighted by atomic mass is 10.1. The van der Waals surface area contributed by atoms with E-state index in [0.29, 0.717) is 10.6 Å². The number of hydrogen-bond acceptors (Lipinski definition) is 6. The van der Waals surface area contributed by atoms with Crippen LogP contribution in [0.1, 0.15) is 31.6 Å². The fourth-order valence-corrected chi connectivity index (χ4v) is 6.59. The Morgan fingerprint density at radius 3 is 2.52 bits per heavy atom. The molecule has 1 unspecified atom stereocenters. The van der Waals surface area contributed by atoms with Crippen LogP contribution in [-0.4, -0.2) is 33.0 Å². The van der Waals surface area contributed by atoms with Gasteiger partial charge in [-0.2, -0.15) is 10.6 Å². The fraction of sp³-hybridized carbons (Fsp3) is 0.350. The lowest BCUT2D eigenvalue weighted by Crippen LogP contribution is -2.27. The monoisotopic (exact) mass is 408 g/mol. The summed E-state index contributed by atoms with van der Waals surface area (Å²) >= 11 is 1.59. The van der Waals surface area contributed by atoms with Gasteiger partial charge in [0.05, 0.1) is 11.0 Å². The summed E-state index contributed by atoms with van der Waals surface area (Å²) in [4.78, 5) is 13.4. The lowest BCUT2D eigenvalue weighted by molar-refractivity contribution is -0.157. The SMILES string of the molecule is CC(C)(C)OC(=O)COc1cccc2c1S(O)(O)CC2Sc1ccccc1. The van der Waals surface area contributed by atoms with E-state index < -0.39 is 22.2 Å². The average molecular weight is 409 g/mol. The van der Waals surface area contributed by atoms with Crippen molar-refractivity contribution < 1.29 is 23.4 Å². The van der Waals surface area contributed by atoms with E-state index >= 15 is 0 Å². The molecule has 0 radical (unpaired) electrons. The molecule has 0 amide bonds. The minimum atomic E-state index is -2.99. The Morgan fingerprint density at radius 1 is 1.15 bits per heavy atom. The highest BCUT2D eigenvalue weighted by molar-refractivity contribution is 8.25. The van der Waals surface area contributed by atoms with Crippen LogP contribution >= 0.6 is 22.4 Å². The number of esters is 1. The van der Waals surface area contributed by atoms with Crippen LogP contribution in [0.5, 0.6) is 5.75 Å². The van der Waals surface area contributed by atoms with E-state index in [9.17, 15) is 13.9 Å². The van der Waals surface area contributed by atoms with Crippen molar-refractivity contribution in [1.82, 2.24) is 0 Å². The molecule has 27 heavy (non-hydrogen) atoms. The third-order valence-electron chi connectivity index (χ3n) is 3.85. The van der Waals surface area contributed by atoms with Crippen LogP contribution in [-0.2, 0) is 9.53 Å². The second-order valence-corrected chi connectivity index (χ2v) is 10.7. The van der Waals surface area contributed by atoms with E-state index in [0.717, 1.165) is 10.5 Å². The molecule has 0 saturated heterocycles. The molecule has 2 aromatic rings. The zero-order chi connectivity index (χ0) is 19.7. The summed E-state index contributed by atoms with van der Waals surface area (Å²) in [6.45, 7) is 5.08. The highest BCUT2D eigenvalue weighted by Crippen LogP contribution is 2.65. The molecule has 2 aromatic carbocycles. The van der Waals surface area contributed by atoms with Gasteiger partial charge in [-0.3, -0.25) is 9.11 Å². The van der Waals surface area contributed by atoms with Crippen LogP contribution in [0.3, 0.4) is 0 Å². The number of ether oxygens (including phenoxy) is 2. The third-order valence-corrected chi connectivity index (χ3v) is 7.20. The van der Waals surface area contributed by atoms with Gasteiger partial charge < -0.3 is 9.47 Å². The second kappa shape index (κ2) is 7.75. The van der Waals surface area contributed by atoms with Crippen LogP contribution in [0.2, 0.25) is 0 Å². The molecule has 0 fully saturated rings. The van der Waals surface area contributed by atoms with Crippen LogP contribution in [0.4, 0.5) is 0 Å². The summed E-state index contributed by atoms with van der Waals surface area (Å²) in [5.74, 6) is 0.0636. The van der Waals surface area contributed by atoms with Crippen molar-refractivity contribution in [3.8, 4) is 5.75 Å². The predicted octanol–water partition coefficient (Wildman–Crippen LogP) is 5.36. The minimum absolute atomic E-state index is 0.0857. The molecule has 3 rings (SSSR count). The molecule has 0 aliphatic carbocycles. The number of carbonyl (C=O) groups is 1. The summed E-state index contributed by atoms with van der Waals surface area (Å²) in [5.41, 5.74) is 0.241. The Kier molecular flexibility index (Phi) is 5.76. The van der Waals surface area contributed by atoms with Crippen LogP contribution in [0.25, 0.3) is 0 Å². The molecule has 0 saturated carbocycles. The van der Waals surface area contributed by atoms with Gasteiger partial charge in [0.1, 0.15) is 16.2 Å². The topological polar surface area (TPSA) is 76.0 Å². The quantitative estimate of drug-likeness (QED) is 0.648. The van der Waals surface area contributed by atoms with Gasteiger partial charge in [0.2, 0.25) is 0 Å². The highest BCUT2D eigenvalue weighted by Gasteiger charge is 2.38. The molecule has 0 spiro atoms. The van der Waals surface area contributed by atoms with Crippen LogP contribution in [0.15, 0.2) is 58.3 Å². The summed E-state index contributed by atoms with van der Waals surface area (Å²) < 4.78 is 32.2. The van der Waals surface area contributed by atoms with Gasteiger partial charge in [-0.15, -0.1) is 11.8 Å². The number of thioether (sulfide) groups is 1. The van der Waals surface area contributed by atoms with Crippen molar-refractivity contribution in [3.05, 3.63) is 54.1 Å². The van der Waals surface area contributed by atoms with Crippen molar-refractivity contribution in [1.29, 1.82) is 0 Å². The van der Waals surface area contributed by atoms with Gasteiger partial charge in [0, 0.05) is 4.90 Å². The first-order chi connectivity index (χ1) is 12.7. The van der Waals surface area contributed by atoms with E-state index in [2.05, 4.69) is 0 Å². The Bertz CT molecular complexity index is 815. The largest absolute Gasteiger partial charge is 0.480 e. The summed E-state index contributed by atoms with van der Waals surface area (Å²) in [7, 11) is -2.99. The first kappa shape index (κ1) is 20.1. The Balaban J connectivity index is 1.80. The van der Waals surface area contributed by atoms with E-state index in [1.165, 1.54) is 0 Å². The third kappa shape index (κ3) is 4.99. The summed E-state index contributed by atoms with van der Waals surface area (Å²) in [6, 6.07) is 15.2. The maximum atomic E-state index is 11.9. The van der Waals surface area contributed by atoms with Crippen molar-refractivity contribution in [3.63, 3.8) is 0 Å². The van der Waals surface area contributed by atoms with Crippen molar-refractivity contribution in [2.45, 2.75) is 41.4 Å². The van der Waals surface area contributed by atoms with E-state index in [4.69, 9.17) is 9.47 Å². The number of carbonyl (C=O) groups excluding carboxylic acids is 1. The summed E-state index contributed by atoms with van der Waals surface area (Å²) in [5, 5.41) is -0.0857. The molecule has 0 bridgehead atoms. The van der Waals surface area contributed by atoms with Crippen molar-refractivity contribution >= 4 is 28.3 Å². The van der Waals surface area contributed by atoms with E-state index in [1.807, 2.05) is 42.5 Å². The standard InChI is InChI=1S/C20H24O5S2/c1-20(2,3)25-18(21)12-24-16-11-7-10-15-17(13-27(22,23)19(15)16)26-14-8-5-4-6-9-14/h4-11,17,22-23H,12-13H2,1-3H3.